The molecule has 2 N–H and O–H groups in total. The van der Waals surface area contributed by atoms with Crippen molar-refractivity contribution in [2.75, 3.05) is 0 Å². The molecule has 28 heavy (non-hydrogen) atoms. The Morgan fingerprint density at radius 1 is 0.929 bits per heavy atom. The van der Waals surface area contributed by atoms with E-state index in [1.165, 1.54) is 36.4 Å². The van der Waals surface area contributed by atoms with Crippen LogP contribution in [0.5, 0.6) is 0 Å². The third-order valence-electron chi connectivity index (χ3n) is 3.98. The number of carbonyl (C=O) groups is 1. The van der Waals surface area contributed by atoms with E-state index in [0.29, 0.717) is 5.56 Å². The highest BCUT2D eigenvalue weighted by Crippen LogP contribution is 2.12. The second-order valence-electron chi connectivity index (χ2n) is 6.02. The Morgan fingerprint density at radius 2 is 1.64 bits per heavy atom. The maximum Gasteiger partial charge on any atom is 0.251 e. The summed E-state index contributed by atoms with van der Waals surface area (Å²) in [4.78, 5) is 16.2. The fraction of sp³-hybridized carbons (Fsp3) is 0.100. The zero-order valence-corrected chi connectivity index (χ0v) is 15.6. The summed E-state index contributed by atoms with van der Waals surface area (Å²) in [6.07, 6.45) is 3.19. The summed E-state index contributed by atoms with van der Waals surface area (Å²) < 4.78 is 40.1. The van der Waals surface area contributed by atoms with E-state index in [-0.39, 0.29) is 29.7 Å². The Labute approximate surface area is 162 Å². The SMILES string of the molecule is O=C(NCc1ccc(F)cc1)c1ccc(S(=O)(=O)NCc2cccnc2)cc1. The van der Waals surface area contributed by atoms with Crippen LogP contribution in [0.2, 0.25) is 0 Å². The molecule has 0 saturated carbocycles. The molecule has 1 aromatic heterocycles. The quantitative estimate of drug-likeness (QED) is 0.639. The lowest BCUT2D eigenvalue weighted by Crippen LogP contribution is -2.24. The number of amides is 1. The normalized spacial score (nSPS) is 11.2. The summed E-state index contributed by atoms with van der Waals surface area (Å²) in [5.41, 5.74) is 1.82. The van der Waals surface area contributed by atoms with Crippen LogP contribution in [-0.2, 0) is 23.1 Å². The standard InChI is InChI=1S/C20H18FN3O3S/c21-18-7-3-15(4-8-18)13-23-20(25)17-5-9-19(10-6-17)28(26,27)24-14-16-2-1-11-22-12-16/h1-12,24H,13-14H2,(H,23,25). The van der Waals surface area contributed by atoms with Crippen molar-refractivity contribution in [1.29, 1.82) is 0 Å². The molecule has 8 heteroatoms. The van der Waals surface area contributed by atoms with Gasteiger partial charge in [-0.05, 0) is 53.6 Å². The maximum atomic E-state index is 12.9. The minimum Gasteiger partial charge on any atom is -0.348 e. The molecular formula is C20H18FN3O3S. The molecule has 0 radical (unpaired) electrons. The highest BCUT2D eigenvalue weighted by atomic mass is 32.2. The van der Waals surface area contributed by atoms with E-state index in [9.17, 15) is 17.6 Å². The van der Waals surface area contributed by atoms with Crippen LogP contribution in [0.3, 0.4) is 0 Å². The largest absolute Gasteiger partial charge is 0.348 e. The number of carbonyl (C=O) groups excluding carboxylic acids is 1. The Bertz CT molecular complexity index is 1040. The van der Waals surface area contributed by atoms with Crippen molar-refractivity contribution in [3.8, 4) is 0 Å². The monoisotopic (exact) mass is 399 g/mol. The zero-order valence-electron chi connectivity index (χ0n) is 14.8. The van der Waals surface area contributed by atoms with Gasteiger partial charge in [-0.2, -0.15) is 0 Å². The van der Waals surface area contributed by atoms with E-state index in [0.717, 1.165) is 11.1 Å². The summed E-state index contributed by atoms with van der Waals surface area (Å²) in [7, 11) is -3.71. The van der Waals surface area contributed by atoms with Crippen LogP contribution in [0.4, 0.5) is 4.39 Å². The zero-order chi connectivity index (χ0) is 20.0. The van der Waals surface area contributed by atoms with E-state index in [1.54, 1.807) is 36.7 Å². The summed E-state index contributed by atoms with van der Waals surface area (Å²) >= 11 is 0. The van der Waals surface area contributed by atoms with Crippen LogP contribution >= 0.6 is 0 Å². The highest BCUT2D eigenvalue weighted by molar-refractivity contribution is 7.89. The van der Waals surface area contributed by atoms with E-state index in [2.05, 4.69) is 15.0 Å². The third-order valence-corrected chi connectivity index (χ3v) is 5.40. The number of nitrogens with zero attached hydrogens (tertiary/aromatic N) is 1. The van der Waals surface area contributed by atoms with Gasteiger partial charge in [0.2, 0.25) is 10.0 Å². The molecule has 0 aliphatic heterocycles. The van der Waals surface area contributed by atoms with Crippen molar-refractivity contribution >= 4 is 15.9 Å². The number of benzene rings is 2. The smallest absolute Gasteiger partial charge is 0.251 e. The summed E-state index contributed by atoms with van der Waals surface area (Å²) in [5.74, 6) is -0.694. The van der Waals surface area contributed by atoms with Crippen LogP contribution in [0, 0.1) is 5.82 Å². The Hall–Kier alpha value is -3.10. The second kappa shape index (κ2) is 8.73. The maximum absolute atomic E-state index is 12.9. The van der Waals surface area contributed by atoms with E-state index >= 15 is 0 Å². The molecule has 0 atom stereocenters. The van der Waals surface area contributed by atoms with Gasteiger partial charge in [-0.25, -0.2) is 17.5 Å². The molecule has 0 saturated heterocycles. The van der Waals surface area contributed by atoms with E-state index in [4.69, 9.17) is 0 Å². The molecule has 0 aliphatic carbocycles. The molecule has 144 valence electrons. The van der Waals surface area contributed by atoms with Gasteiger partial charge in [0, 0.05) is 31.0 Å². The van der Waals surface area contributed by atoms with Gasteiger partial charge in [0.05, 0.1) is 4.90 Å². The molecule has 3 rings (SSSR count). The van der Waals surface area contributed by atoms with Crippen molar-refractivity contribution in [3.05, 3.63) is 95.6 Å². The number of rotatable bonds is 7. The molecule has 0 spiro atoms. The van der Waals surface area contributed by atoms with Crippen LogP contribution in [0.15, 0.2) is 78.0 Å². The predicted molar refractivity (Wildman–Crippen MR) is 102 cm³/mol. The minimum absolute atomic E-state index is 0.0616. The number of hydrogen-bond donors (Lipinski definition) is 2. The van der Waals surface area contributed by atoms with Gasteiger partial charge in [0.25, 0.3) is 5.91 Å². The lowest BCUT2D eigenvalue weighted by molar-refractivity contribution is 0.0951. The third kappa shape index (κ3) is 5.21. The summed E-state index contributed by atoms with van der Waals surface area (Å²) in [5, 5.41) is 2.71. The molecule has 0 aliphatic rings. The van der Waals surface area contributed by atoms with E-state index in [1.807, 2.05) is 0 Å². The number of hydrogen-bond acceptors (Lipinski definition) is 4. The molecule has 2 aromatic carbocycles. The van der Waals surface area contributed by atoms with Gasteiger partial charge in [-0.15, -0.1) is 0 Å². The number of sulfonamides is 1. The topological polar surface area (TPSA) is 88.2 Å². The van der Waals surface area contributed by atoms with Gasteiger partial charge < -0.3 is 5.32 Å². The molecule has 0 fully saturated rings. The van der Waals surface area contributed by atoms with Crippen molar-refractivity contribution < 1.29 is 17.6 Å². The molecule has 6 nitrogen and oxygen atoms in total. The second-order valence-corrected chi connectivity index (χ2v) is 7.79. The molecular weight excluding hydrogens is 381 g/mol. The Kier molecular flexibility index (Phi) is 6.13. The van der Waals surface area contributed by atoms with Gasteiger partial charge in [-0.3, -0.25) is 9.78 Å². The Balaban J connectivity index is 1.60. The van der Waals surface area contributed by atoms with E-state index < -0.39 is 10.0 Å². The summed E-state index contributed by atoms with van der Waals surface area (Å²) in [6.45, 7) is 0.363. The fourth-order valence-corrected chi connectivity index (χ4v) is 3.45. The minimum atomic E-state index is -3.71. The average molecular weight is 399 g/mol. The first kappa shape index (κ1) is 19.7. The average Bonchev–Trinajstić information content (AvgIpc) is 2.72. The van der Waals surface area contributed by atoms with Gasteiger partial charge in [0.15, 0.2) is 0 Å². The highest BCUT2D eigenvalue weighted by Gasteiger charge is 2.15. The number of halogens is 1. The fourth-order valence-electron chi connectivity index (χ4n) is 2.44. The first-order valence-corrected chi connectivity index (χ1v) is 9.94. The van der Waals surface area contributed by atoms with Crippen molar-refractivity contribution in [1.82, 2.24) is 15.0 Å². The Morgan fingerprint density at radius 3 is 2.29 bits per heavy atom. The summed E-state index contributed by atoms with van der Waals surface area (Å²) in [6, 6.07) is 14.9. The molecule has 0 unspecified atom stereocenters. The molecule has 1 heterocycles. The van der Waals surface area contributed by atoms with Crippen LogP contribution in [0.25, 0.3) is 0 Å². The molecule has 3 aromatic rings. The predicted octanol–water partition coefficient (Wildman–Crippen LogP) is 2.63. The molecule has 0 bridgehead atoms. The number of aromatic nitrogens is 1. The van der Waals surface area contributed by atoms with Gasteiger partial charge in [-0.1, -0.05) is 18.2 Å². The van der Waals surface area contributed by atoms with Crippen molar-refractivity contribution in [2.24, 2.45) is 0 Å². The first-order valence-electron chi connectivity index (χ1n) is 8.45. The lowest BCUT2D eigenvalue weighted by atomic mass is 10.2. The van der Waals surface area contributed by atoms with Crippen LogP contribution in [0.1, 0.15) is 21.5 Å². The number of pyridine rings is 1. The lowest BCUT2D eigenvalue weighted by Gasteiger charge is -2.08. The van der Waals surface area contributed by atoms with Crippen LogP contribution < -0.4 is 10.0 Å². The van der Waals surface area contributed by atoms with Gasteiger partial charge in [0.1, 0.15) is 5.82 Å². The molecule has 1 amide bonds. The first-order chi connectivity index (χ1) is 13.4. The van der Waals surface area contributed by atoms with Crippen LogP contribution in [-0.4, -0.2) is 19.3 Å². The van der Waals surface area contributed by atoms with Crippen molar-refractivity contribution in [3.63, 3.8) is 0 Å². The van der Waals surface area contributed by atoms with Crippen molar-refractivity contribution in [2.45, 2.75) is 18.0 Å². The van der Waals surface area contributed by atoms with Gasteiger partial charge >= 0.3 is 0 Å². The number of nitrogens with one attached hydrogen (secondary N) is 2.